The van der Waals surface area contributed by atoms with Gasteiger partial charge in [0.05, 0.1) is 18.8 Å². The van der Waals surface area contributed by atoms with Crippen LogP contribution in [0.25, 0.3) is 0 Å². The molecule has 2 aromatic carbocycles. The minimum absolute atomic E-state index is 0.0434. The molecule has 3 N–H and O–H groups in total. The molecule has 2 aromatic rings. The number of methoxy groups -OCH3 is 1. The van der Waals surface area contributed by atoms with Crippen molar-refractivity contribution in [3.05, 3.63) is 65.7 Å². The fraction of sp³-hybridized carbons (Fsp3) is 0.316. The van der Waals surface area contributed by atoms with Gasteiger partial charge in [-0.2, -0.15) is 0 Å². The summed E-state index contributed by atoms with van der Waals surface area (Å²) in [5.74, 6) is 0. The molecular weight excluding hydrogens is 304 g/mol. The molecule has 0 spiro atoms. The zero-order chi connectivity index (χ0) is 17.4. The topological polar surface area (TPSA) is 70.6 Å². The van der Waals surface area contributed by atoms with Crippen molar-refractivity contribution in [1.82, 2.24) is 5.32 Å². The van der Waals surface area contributed by atoms with Gasteiger partial charge in [-0.05, 0) is 36.6 Å². The Hall–Kier alpha value is -2.37. The second kappa shape index (κ2) is 9.05. The Kier molecular flexibility index (Phi) is 6.78. The van der Waals surface area contributed by atoms with E-state index in [0.29, 0.717) is 12.1 Å². The average Bonchev–Trinajstić information content (AvgIpc) is 2.61. The number of amides is 2. The quantitative estimate of drug-likeness (QED) is 0.731. The van der Waals surface area contributed by atoms with E-state index < -0.39 is 0 Å². The molecule has 0 fully saturated rings. The minimum Gasteiger partial charge on any atom is -0.394 e. The first kappa shape index (κ1) is 18.0. The Morgan fingerprint density at radius 1 is 1.17 bits per heavy atom. The average molecular weight is 328 g/mol. The van der Waals surface area contributed by atoms with Crippen LogP contribution in [0.4, 0.5) is 10.5 Å². The van der Waals surface area contributed by atoms with Crippen molar-refractivity contribution >= 4 is 11.7 Å². The lowest BCUT2D eigenvalue weighted by atomic mass is 10.1. The lowest BCUT2D eigenvalue weighted by Gasteiger charge is -2.17. The number of rotatable bonds is 7. The van der Waals surface area contributed by atoms with Gasteiger partial charge >= 0.3 is 6.03 Å². The Morgan fingerprint density at radius 2 is 1.92 bits per heavy atom. The molecule has 0 aliphatic carbocycles. The smallest absolute Gasteiger partial charge is 0.319 e. The maximum Gasteiger partial charge on any atom is 0.319 e. The maximum absolute atomic E-state index is 12.2. The van der Waals surface area contributed by atoms with Gasteiger partial charge in [0.1, 0.15) is 0 Å². The SMILES string of the molecule is CO[C@@H](C)c1cccc(NC(=O)N[C@H](CO)Cc2ccccc2)c1. The Labute approximate surface area is 142 Å². The molecule has 0 aliphatic rings. The zero-order valence-electron chi connectivity index (χ0n) is 14.0. The van der Waals surface area contributed by atoms with Crippen molar-refractivity contribution in [2.45, 2.75) is 25.5 Å². The third-order valence-electron chi connectivity index (χ3n) is 3.85. The predicted octanol–water partition coefficient (Wildman–Crippen LogP) is 3.12. The summed E-state index contributed by atoms with van der Waals surface area (Å²) in [5, 5.41) is 15.1. The molecule has 0 bridgehead atoms. The molecule has 0 heterocycles. The second-order valence-corrected chi connectivity index (χ2v) is 5.67. The first-order valence-electron chi connectivity index (χ1n) is 7.97. The number of urea groups is 1. The van der Waals surface area contributed by atoms with Crippen LogP contribution in [0.3, 0.4) is 0 Å². The summed E-state index contributed by atoms with van der Waals surface area (Å²) in [6.07, 6.45) is 0.531. The highest BCUT2D eigenvalue weighted by Gasteiger charge is 2.13. The summed E-state index contributed by atoms with van der Waals surface area (Å²) in [6.45, 7) is 1.82. The molecule has 0 unspecified atom stereocenters. The Bertz CT molecular complexity index is 646. The van der Waals surface area contributed by atoms with E-state index in [2.05, 4.69) is 10.6 Å². The molecule has 24 heavy (non-hydrogen) atoms. The van der Waals surface area contributed by atoms with Gasteiger partial charge in [0, 0.05) is 12.8 Å². The molecule has 5 heteroatoms. The summed E-state index contributed by atoms with van der Waals surface area (Å²) in [5.41, 5.74) is 2.73. The molecular formula is C19H24N2O3. The number of nitrogens with one attached hydrogen (secondary N) is 2. The largest absolute Gasteiger partial charge is 0.394 e. The molecule has 0 aliphatic heterocycles. The van der Waals surface area contributed by atoms with Gasteiger partial charge in [0.2, 0.25) is 0 Å². The highest BCUT2D eigenvalue weighted by molar-refractivity contribution is 5.89. The van der Waals surface area contributed by atoms with E-state index in [1.54, 1.807) is 7.11 Å². The number of hydrogen-bond acceptors (Lipinski definition) is 3. The zero-order valence-corrected chi connectivity index (χ0v) is 14.0. The summed E-state index contributed by atoms with van der Waals surface area (Å²) in [6, 6.07) is 16.6. The van der Waals surface area contributed by atoms with Crippen LogP contribution in [0.5, 0.6) is 0 Å². The highest BCUT2D eigenvalue weighted by Crippen LogP contribution is 2.19. The van der Waals surface area contributed by atoms with E-state index in [-0.39, 0.29) is 24.8 Å². The molecule has 0 radical (unpaired) electrons. The van der Waals surface area contributed by atoms with Crippen LogP contribution in [0.15, 0.2) is 54.6 Å². The number of hydrogen-bond donors (Lipinski definition) is 3. The Morgan fingerprint density at radius 3 is 2.58 bits per heavy atom. The molecule has 5 nitrogen and oxygen atoms in total. The second-order valence-electron chi connectivity index (χ2n) is 5.67. The van der Waals surface area contributed by atoms with E-state index in [1.807, 2.05) is 61.5 Å². The van der Waals surface area contributed by atoms with Gasteiger partial charge in [-0.1, -0.05) is 42.5 Å². The fourth-order valence-electron chi connectivity index (χ4n) is 2.42. The Balaban J connectivity index is 1.94. The van der Waals surface area contributed by atoms with E-state index in [0.717, 1.165) is 11.1 Å². The van der Waals surface area contributed by atoms with Gasteiger partial charge in [0.25, 0.3) is 0 Å². The van der Waals surface area contributed by atoms with Crippen molar-refractivity contribution in [3.8, 4) is 0 Å². The van der Waals surface area contributed by atoms with Gasteiger partial charge in [-0.25, -0.2) is 4.79 Å². The summed E-state index contributed by atoms with van der Waals surface area (Å²) in [4.78, 5) is 12.2. The van der Waals surface area contributed by atoms with Crippen LogP contribution in [-0.2, 0) is 11.2 Å². The van der Waals surface area contributed by atoms with E-state index in [4.69, 9.17) is 4.74 Å². The van der Waals surface area contributed by atoms with Crippen LogP contribution in [0, 0.1) is 0 Å². The summed E-state index contributed by atoms with van der Waals surface area (Å²) >= 11 is 0. The van der Waals surface area contributed by atoms with Crippen LogP contribution in [0.1, 0.15) is 24.2 Å². The maximum atomic E-state index is 12.2. The number of aliphatic hydroxyl groups excluding tert-OH is 1. The highest BCUT2D eigenvalue weighted by atomic mass is 16.5. The number of carbonyl (C=O) groups excluding carboxylic acids is 1. The van der Waals surface area contributed by atoms with Crippen molar-refractivity contribution in [3.63, 3.8) is 0 Å². The number of aliphatic hydroxyl groups is 1. The predicted molar refractivity (Wildman–Crippen MR) is 95.0 cm³/mol. The monoisotopic (exact) mass is 328 g/mol. The lowest BCUT2D eigenvalue weighted by Crippen LogP contribution is -2.41. The third kappa shape index (κ3) is 5.37. The van der Waals surface area contributed by atoms with Gasteiger partial charge in [-0.15, -0.1) is 0 Å². The third-order valence-corrected chi connectivity index (χ3v) is 3.85. The van der Waals surface area contributed by atoms with Crippen molar-refractivity contribution < 1.29 is 14.6 Å². The molecule has 0 saturated heterocycles. The first-order valence-corrected chi connectivity index (χ1v) is 7.97. The van der Waals surface area contributed by atoms with Crippen LogP contribution >= 0.6 is 0 Å². The van der Waals surface area contributed by atoms with E-state index >= 15 is 0 Å². The van der Waals surface area contributed by atoms with Crippen molar-refractivity contribution in [1.29, 1.82) is 0 Å². The lowest BCUT2D eigenvalue weighted by molar-refractivity contribution is 0.119. The number of carbonyl (C=O) groups is 1. The number of benzene rings is 2. The minimum atomic E-state index is -0.341. The van der Waals surface area contributed by atoms with E-state index in [1.165, 1.54) is 0 Å². The molecule has 0 saturated carbocycles. The summed E-state index contributed by atoms with van der Waals surface area (Å²) < 4.78 is 5.28. The first-order chi connectivity index (χ1) is 11.6. The molecule has 2 rings (SSSR count). The number of ether oxygens (including phenoxy) is 1. The standard InChI is InChI=1S/C19H24N2O3/c1-14(24-2)16-9-6-10-17(12-16)20-19(23)21-18(13-22)11-15-7-4-3-5-8-15/h3-10,12,14,18,22H,11,13H2,1-2H3,(H2,20,21,23)/t14-,18-/m0/s1. The molecule has 2 amide bonds. The van der Waals surface area contributed by atoms with Crippen molar-refractivity contribution in [2.24, 2.45) is 0 Å². The number of anilines is 1. The van der Waals surface area contributed by atoms with Crippen LogP contribution < -0.4 is 10.6 Å². The van der Waals surface area contributed by atoms with Gasteiger partial charge in [-0.3, -0.25) is 0 Å². The fourth-order valence-corrected chi connectivity index (χ4v) is 2.42. The summed E-state index contributed by atoms with van der Waals surface area (Å²) in [7, 11) is 1.65. The molecule has 0 aromatic heterocycles. The molecule has 2 atom stereocenters. The van der Waals surface area contributed by atoms with Crippen LogP contribution in [-0.4, -0.2) is 30.9 Å². The molecule has 128 valence electrons. The van der Waals surface area contributed by atoms with Gasteiger partial charge in [0.15, 0.2) is 0 Å². The van der Waals surface area contributed by atoms with Crippen LogP contribution in [0.2, 0.25) is 0 Å². The normalized spacial score (nSPS) is 13.1. The van der Waals surface area contributed by atoms with E-state index in [9.17, 15) is 9.90 Å². The van der Waals surface area contributed by atoms with Crippen molar-refractivity contribution in [2.75, 3.05) is 19.0 Å². The van der Waals surface area contributed by atoms with Gasteiger partial charge < -0.3 is 20.5 Å².